The van der Waals surface area contributed by atoms with Gasteiger partial charge < -0.3 is 15.3 Å². The van der Waals surface area contributed by atoms with E-state index < -0.39 is 5.41 Å². The Bertz CT molecular complexity index is 949. The van der Waals surface area contributed by atoms with Crippen LogP contribution in [0.5, 0.6) is 0 Å². The zero-order valence-electron chi connectivity index (χ0n) is 19.4. The fourth-order valence-corrected chi connectivity index (χ4v) is 5.40. The van der Waals surface area contributed by atoms with Crippen molar-refractivity contribution in [3.8, 4) is 0 Å². The standard InChI is InChI=1S/C27H34Cl2N2O2/c1-4-13-27(3)17-24(20-7-6-8-22(29)16-20)25(19-9-11-21(28)12-10-19)31(26(27)33)23(5-2)18-30-14-15-32/h4,6-12,16,23-25,30,32H,1,5,13-15,17-18H2,2-3H3/t23-,24-,25-,27?/m1/s1. The summed E-state index contributed by atoms with van der Waals surface area (Å²) in [5, 5.41) is 13.9. The summed E-state index contributed by atoms with van der Waals surface area (Å²) < 4.78 is 0. The summed E-state index contributed by atoms with van der Waals surface area (Å²) in [6.07, 6.45) is 3.94. The lowest BCUT2D eigenvalue weighted by Gasteiger charge is -2.52. The molecule has 2 aromatic carbocycles. The van der Waals surface area contributed by atoms with Crippen LogP contribution < -0.4 is 5.32 Å². The summed E-state index contributed by atoms with van der Waals surface area (Å²) in [6, 6.07) is 15.6. The van der Waals surface area contributed by atoms with Crippen molar-refractivity contribution in [3.05, 3.63) is 82.4 Å². The maximum absolute atomic E-state index is 14.1. The number of halogens is 2. The number of allylic oxidation sites excluding steroid dienone is 1. The van der Waals surface area contributed by atoms with E-state index in [0.29, 0.717) is 36.0 Å². The number of rotatable bonds is 10. The summed E-state index contributed by atoms with van der Waals surface area (Å²) >= 11 is 12.6. The van der Waals surface area contributed by atoms with Crippen LogP contribution in [0.4, 0.5) is 0 Å². The van der Waals surface area contributed by atoms with Crippen molar-refractivity contribution < 1.29 is 9.90 Å². The number of likely N-dealkylation sites (tertiary alicyclic amines) is 1. The number of nitrogens with zero attached hydrogens (tertiary/aromatic N) is 1. The fourth-order valence-electron chi connectivity index (χ4n) is 5.08. The van der Waals surface area contributed by atoms with Gasteiger partial charge in [0.2, 0.25) is 5.91 Å². The Morgan fingerprint density at radius 1 is 1.21 bits per heavy atom. The second-order valence-electron chi connectivity index (χ2n) is 9.12. The van der Waals surface area contributed by atoms with E-state index in [1.54, 1.807) is 0 Å². The van der Waals surface area contributed by atoms with Gasteiger partial charge in [0.05, 0.1) is 18.1 Å². The number of carbonyl (C=O) groups is 1. The molecule has 1 amide bonds. The number of nitrogens with one attached hydrogen (secondary N) is 1. The van der Waals surface area contributed by atoms with Gasteiger partial charge >= 0.3 is 0 Å². The highest BCUT2D eigenvalue weighted by Crippen LogP contribution is 2.52. The van der Waals surface area contributed by atoms with E-state index in [0.717, 1.165) is 17.5 Å². The van der Waals surface area contributed by atoms with Crippen molar-refractivity contribution >= 4 is 29.1 Å². The van der Waals surface area contributed by atoms with Crippen LogP contribution in [0.2, 0.25) is 10.0 Å². The van der Waals surface area contributed by atoms with Gasteiger partial charge in [-0.2, -0.15) is 0 Å². The monoisotopic (exact) mass is 488 g/mol. The van der Waals surface area contributed by atoms with Crippen LogP contribution in [-0.4, -0.2) is 41.7 Å². The number of aliphatic hydroxyl groups excluding tert-OH is 1. The molecule has 2 aromatic rings. The van der Waals surface area contributed by atoms with E-state index in [1.807, 2.05) is 55.5 Å². The molecular formula is C27H34Cl2N2O2. The molecule has 0 spiro atoms. The minimum absolute atomic E-state index is 0.0316. The molecule has 2 N–H and O–H groups in total. The highest BCUT2D eigenvalue weighted by Gasteiger charge is 2.50. The Morgan fingerprint density at radius 3 is 2.55 bits per heavy atom. The summed E-state index contributed by atoms with van der Waals surface area (Å²) in [7, 11) is 0. The zero-order valence-corrected chi connectivity index (χ0v) is 20.9. The average molecular weight is 489 g/mol. The minimum atomic E-state index is -0.567. The largest absolute Gasteiger partial charge is 0.395 e. The fraction of sp³-hybridized carbons (Fsp3) is 0.444. The topological polar surface area (TPSA) is 52.6 Å². The summed E-state index contributed by atoms with van der Waals surface area (Å²) in [6.45, 7) is 9.25. The van der Waals surface area contributed by atoms with Gasteiger partial charge in [-0.1, -0.05) is 67.4 Å². The van der Waals surface area contributed by atoms with Crippen LogP contribution in [0.15, 0.2) is 61.2 Å². The first-order chi connectivity index (χ1) is 15.8. The zero-order chi connectivity index (χ0) is 24.0. The van der Waals surface area contributed by atoms with Gasteiger partial charge in [-0.3, -0.25) is 4.79 Å². The summed E-state index contributed by atoms with van der Waals surface area (Å²) in [5.74, 6) is 0.192. The number of amides is 1. The van der Waals surface area contributed by atoms with Gasteiger partial charge in [0.1, 0.15) is 0 Å². The van der Waals surface area contributed by atoms with Gasteiger partial charge in [0.25, 0.3) is 0 Å². The van der Waals surface area contributed by atoms with Crippen LogP contribution in [0.3, 0.4) is 0 Å². The van der Waals surface area contributed by atoms with Gasteiger partial charge in [-0.25, -0.2) is 0 Å². The number of hydrogen-bond donors (Lipinski definition) is 2. The molecule has 3 rings (SSSR count). The molecule has 1 saturated heterocycles. The van der Waals surface area contributed by atoms with E-state index in [9.17, 15) is 9.90 Å². The van der Waals surface area contributed by atoms with Gasteiger partial charge in [-0.05, 0) is 54.7 Å². The average Bonchev–Trinajstić information content (AvgIpc) is 2.80. The number of hydrogen-bond acceptors (Lipinski definition) is 3. The second-order valence-corrected chi connectivity index (χ2v) is 9.99. The van der Waals surface area contributed by atoms with Crippen LogP contribution >= 0.6 is 23.2 Å². The van der Waals surface area contributed by atoms with Crippen molar-refractivity contribution in [2.45, 2.75) is 51.1 Å². The van der Waals surface area contributed by atoms with Gasteiger partial charge in [0.15, 0.2) is 0 Å². The molecule has 6 heteroatoms. The Labute approximate surface area is 207 Å². The lowest BCUT2D eigenvalue weighted by molar-refractivity contribution is -0.154. The Hall–Kier alpha value is -1.85. The van der Waals surface area contributed by atoms with Crippen LogP contribution in [0, 0.1) is 5.41 Å². The van der Waals surface area contributed by atoms with E-state index in [2.05, 4.69) is 29.8 Å². The van der Waals surface area contributed by atoms with Crippen LogP contribution in [-0.2, 0) is 4.79 Å². The van der Waals surface area contributed by atoms with Crippen molar-refractivity contribution in [2.24, 2.45) is 5.41 Å². The highest BCUT2D eigenvalue weighted by atomic mass is 35.5. The molecule has 1 aliphatic heterocycles. The smallest absolute Gasteiger partial charge is 0.229 e. The quantitative estimate of drug-likeness (QED) is 0.318. The number of aliphatic hydroxyl groups is 1. The molecule has 33 heavy (non-hydrogen) atoms. The predicted molar refractivity (Wildman–Crippen MR) is 137 cm³/mol. The third-order valence-corrected chi connectivity index (χ3v) is 7.21. The molecule has 0 aliphatic carbocycles. The molecule has 178 valence electrons. The molecule has 0 aromatic heterocycles. The summed E-state index contributed by atoms with van der Waals surface area (Å²) in [5.41, 5.74) is 1.61. The minimum Gasteiger partial charge on any atom is -0.395 e. The Morgan fingerprint density at radius 2 is 1.94 bits per heavy atom. The maximum Gasteiger partial charge on any atom is 0.229 e. The first-order valence-electron chi connectivity index (χ1n) is 11.6. The predicted octanol–water partition coefficient (Wildman–Crippen LogP) is 5.99. The normalized spacial score (nSPS) is 24.0. The molecule has 4 atom stereocenters. The molecule has 1 unspecified atom stereocenters. The maximum atomic E-state index is 14.1. The SMILES string of the molecule is C=CCC1(C)C[C@H](c2cccc(Cl)c2)[C@@H](c2ccc(Cl)cc2)N([C@H](CC)CNCCO)C1=O. The number of benzene rings is 2. The highest BCUT2D eigenvalue weighted by molar-refractivity contribution is 6.30. The molecule has 1 fully saturated rings. The molecule has 0 radical (unpaired) electrons. The molecular weight excluding hydrogens is 455 g/mol. The van der Waals surface area contributed by atoms with E-state index in [-0.39, 0.29) is 30.5 Å². The first kappa shape index (κ1) is 25.8. The molecule has 0 bridgehead atoms. The van der Waals surface area contributed by atoms with Crippen molar-refractivity contribution in [1.29, 1.82) is 0 Å². The molecule has 0 saturated carbocycles. The van der Waals surface area contributed by atoms with Gasteiger partial charge in [0, 0.05) is 35.1 Å². The molecule has 1 heterocycles. The van der Waals surface area contributed by atoms with E-state index >= 15 is 0 Å². The number of piperidine rings is 1. The van der Waals surface area contributed by atoms with Crippen molar-refractivity contribution in [1.82, 2.24) is 10.2 Å². The van der Waals surface area contributed by atoms with Crippen molar-refractivity contribution in [2.75, 3.05) is 19.7 Å². The summed E-state index contributed by atoms with van der Waals surface area (Å²) in [4.78, 5) is 16.2. The third kappa shape index (κ3) is 5.81. The lowest BCUT2D eigenvalue weighted by atomic mass is 9.67. The Balaban J connectivity index is 2.17. The van der Waals surface area contributed by atoms with E-state index in [4.69, 9.17) is 23.2 Å². The third-order valence-electron chi connectivity index (χ3n) is 6.72. The first-order valence-corrected chi connectivity index (χ1v) is 12.4. The van der Waals surface area contributed by atoms with E-state index in [1.165, 1.54) is 0 Å². The van der Waals surface area contributed by atoms with Crippen LogP contribution in [0.25, 0.3) is 0 Å². The second kappa shape index (κ2) is 11.5. The molecule has 1 aliphatic rings. The Kier molecular flexibility index (Phi) is 9.00. The van der Waals surface area contributed by atoms with Gasteiger partial charge in [-0.15, -0.1) is 6.58 Å². The van der Waals surface area contributed by atoms with Crippen molar-refractivity contribution in [3.63, 3.8) is 0 Å². The van der Waals surface area contributed by atoms with Crippen LogP contribution in [0.1, 0.15) is 56.2 Å². The number of carbonyl (C=O) groups excluding carboxylic acids is 1. The lowest BCUT2D eigenvalue weighted by Crippen LogP contribution is -2.57. The molecule has 4 nitrogen and oxygen atoms in total.